The van der Waals surface area contributed by atoms with Crippen LogP contribution < -0.4 is 14.7 Å². The standard InChI is InChI=1S/C20H21N3O6S2/c1-12(2)29-14-6-4-13(5-7-14)19(25)22-20-23(11-18(24)28-3)16-9-8-15(31(21,26)27)10-17(16)30-20/h4-10,12H,11H2,1-3H3,(H2,21,26,27). The number of hydrogen-bond acceptors (Lipinski definition) is 7. The molecule has 0 aliphatic heterocycles. The van der Waals surface area contributed by atoms with Crippen molar-refractivity contribution < 1.29 is 27.5 Å². The minimum Gasteiger partial charge on any atom is -0.491 e. The Balaban J connectivity index is 2.07. The van der Waals surface area contributed by atoms with E-state index >= 15 is 0 Å². The number of nitrogens with zero attached hydrogens (tertiary/aromatic N) is 2. The van der Waals surface area contributed by atoms with Gasteiger partial charge in [0.1, 0.15) is 12.3 Å². The number of sulfonamides is 1. The molecule has 3 rings (SSSR count). The molecule has 0 aliphatic rings. The molecule has 0 saturated carbocycles. The number of nitrogens with two attached hydrogens (primary N) is 1. The molecule has 11 heteroatoms. The number of hydrogen-bond donors (Lipinski definition) is 1. The zero-order valence-electron chi connectivity index (χ0n) is 17.1. The number of aromatic nitrogens is 1. The number of amides is 1. The quantitative estimate of drug-likeness (QED) is 0.557. The number of benzene rings is 2. The van der Waals surface area contributed by atoms with Gasteiger partial charge in [0.25, 0.3) is 5.91 Å². The van der Waals surface area contributed by atoms with Crippen molar-refractivity contribution in [3.8, 4) is 5.75 Å². The monoisotopic (exact) mass is 463 g/mol. The second kappa shape index (κ2) is 9.00. The van der Waals surface area contributed by atoms with E-state index in [4.69, 9.17) is 14.6 Å². The molecule has 0 unspecified atom stereocenters. The van der Waals surface area contributed by atoms with Crippen LogP contribution >= 0.6 is 11.3 Å². The molecule has 3 aromatic rings. The molecule has 9 nitrogen and oxygen atoms in total. The lowest BCUT2D eigenvalue weighted by Crippen LogP contribution is -2.22. The molecule has 2 N–H and O–H groups in total. The molecule has 0 aliphatic carbocycles. The van der Waals surface area contributed by atoms with Crippen LogP contribution in [0.3, 0.4) is 0 Å². The van der Waals surface area contributed by atoms with E-state index in [0.717, 1.165) is 11.3 Å². The summed E-state index contributed by atoms with van der Waals surface area (Å²) in [4.78, 5) is 28.9. The number of methoxy groups -OCH3 is 1. The van der Waals surface area contributed by atoms with Crippen LogP contribution in [-0.4, -0.2) is 38.1 Å². The average molecular weight is 464 g/mol. The van der Waals surface area contributed by atoms with Gasteiger partial charge in [0.2, 0.25) is 10.0 Å². The van der Waals surface area contributed by atoms with Gasteiger partial charge in [0.05, 0.1) is 28.3 Å². The van der Waals surface area contributed by atoms with Crippen molar-refractivity contribution in [1.82, 2.24) is 4.57 Å². The Bertz CT molecular complexity index is 1300. The third-order valence-corrected chi connectivity index (χ3v) is 6.12. The molecule has 164 valence electrons. The maximum Gasteiger partial charge on any atom is 0.325 e. The molecular formula is C20H21N3O6S2. The molecule has 0 fully saturated rings. The molecule has 1 heterocycles. The Labute approximate surface area is 182 Å². The van der Waals surface area contributed by atoms with Gasteiger partial charge >= 0.3 is 5.97 Å². The first-order valence-corrected chi connectivity index (χ1v) is 11.5. The van der Waals surface area contributed by atoms with Gasteiger partial charge in [-0.15, -0.1) is 0 Å². The topological polar surface area (TPSA) is 130 Å². The third kappa shape index (κ3) is 5.37. The van der Waals surface area contributed by atoms with E-state index in [-0.39, 0.29) is 22.3 Å². The van der Waals surface area contributed by atoms with Gasteiger partial charge in [0.15, 0.2) is 4.80 Å². The zero-order chi connectivity index (χ0) is 22.8. The normalized spacial score (nSPS) is 12.4. The van der Waals surface area contributed by atoms with Crippen molar-refractivity contribution in [1.29, 1.82) is 0 Å². The smallest absolute Gasteiger partial charge is 0.325 e. The maximum atomic E-state index is 12.7. The Hall–Kier alpha value is -3.02. The number of thiazole rings is 1. The summed E-state index contributed by atoms with van der Waals surface area (Å²) in [6.07, 6.45) is 0.00398. The Kier molecular flexibility index (Phi) is 6.58. The molecule has 2 aromatic carbocycles. The van der Waals surface area contributed by atoms with Gasteiger partial charge in [-0.1, -0.05) is 11.3 Å². The average Bonchev–Trinajstić information content (AvgIpc) is 3.03. The number of ether oxygens (including phenoxy) is 2. The summed E-state index contributed by atoms with van der Waals surface area (Å²) in [6.45, 7) is 3.60. The molecule has 0 spiro atoms. The summed E-state index contributed by atoms with van der Waals surface area (Å²) in [5.74, 6) is -0.433. The second-order valence-corrected chi connectivity index (χ2v) is 9.40. The zero-order valence-corrected chi connectivity index (χ0v) is 18.7. The number of esters is 1. The molecular weight excluding hydrogens is 442 g/mol. The van der Waals surface area contributed by atoms with Crippen LogP contribution in [0.1, 0.15) is 24.2 Å². The molecule has 1 amide bonds. The van der Waals surface area contributed by atoms with Crippen LogP contribution in [0.2, 0.25) is 0 Å². The van der Waals surface area contributed by atoms with Gasteiger partial charge in [-0.2, -0.15) is 4.99 Å². The molecule has 31 heavy (non-hydrogen) atoms. The van der Waals surface area contributed by atoms with Crippen LogP contribution in [0.4, 0.5) is 0 Å². The van der Waals surface area contributed by atoms with Gasteiger partial charge in [-0.3, -0.25) is 9.59 Å². The predicted molar refractivity (Wildman–Crippen MR) is 115 cm³/mol. The fourth-order valence-corrected chi connectivity index (χ4v) is 4.44. The SMILES string of the molecule is COC(=O)Cn1c(=NC(=O)c2ccc(OC(C)C)cc2)sc2cc(S(N)(=O)=O)ccc21. The van der Waals surface area contributed by atoms with Crippen molar-refractivity contribution in [3.63, 3.8) is 0 Å². The van der Waals surface area contributed by atoms with Crippen molar-refractivity contribution in [2.24, 2.45) is 10.1 Å². The van der Waals surface area contributed by atoms with E-state index in [1.807, 2.05) is 13.8 Å². The van der Waals surface area contributed by atoms with Gasteiger partial charge in [0, 0.05) is 5.56 Å². The summed E-state index contributed by atoms with van der Waals surface area (Å²) in [6, 6.07) is 10.8. The molecule has 0 saturated heterocycles. The van der Waals surface area contributed by atoms with Crippen LogP contribution in [0.15, 0.2) is 52.4 Å². The minimum atomic E-state index is -3.91. The van der Waals surface area contributed by atoms with E-state index in [0.29, 0.717) is 21.5 Å². The summed E-state index contributed by atoms with van der Waals surface area (Å²) < 4.78 is 35.6. The summed E-state index contributed by atoms with van der Waals surface area (Å²) in [5, 5.41) is 5.20. The fourth-order valence-electron chi connectivity index (χ4n) is 2.76. The van der Waals surface area contributed by atoms with Gasteiger partial charge < -0.3 is 14.0 Å². The number of carbonyl (C=O) groups excluding carboxylic acids is 2. The first-order chi connectivity index (χ1) is 14.6. The maximum absolute atomic E-state index is 12.7. The van der Waals surface area contributed by atoms with E-state index in [1.54, 1.807) is 24.3 Å². The highest BCUT2D eigenvalue weighted by Gasteiger charge is 2.16. The predicted octanol–water partition coefficient (Wildman–Crippen LogP) is 2.05. The van der Waals surface area contributed by atoms with Crippen LogP contribution in [0.5, 0.6) is 5.75 Å². The van der Waals surface area contributed by atoms with Crippen molar-refractivity contribution >= 4 is 43.5 Å². The van der Waals surface area contributed by atoms with Gasteiger partial charge in [-0.25, -0.2) is 13.6 Å². The van der Waals surface area contributed by atoms with E-state index in [1.165, 1.54) is 29.9 Å². The molecule has 0 radical (unpaired) electrons. The van der Waals surface area contributed by atoms with Crippen LogP contribution in [-0.2, 0) is 26.1 Å². The number of primary sulfonamides is 1. The Morgan fingerprint density at radius 2 is 1.84 bits per heavy atom. The molecule has 1 aromatic heterocycles. The summed E-state index contributed by atoms with van der Waals surface area (Å²) >= 11 is 1.06. The fraction of sp³-hybridized carbons (Fsp3) is 0.250. The summed E-state index contributed by atoms with van der Waals surface area (Å²) in [5.41, 5.74) is 0.860. The Morgan fingerprint density at radius 1 is 1.16 bits per heavy atom. The van der Waals surface area contributed by atoms with E-state index in [2.05, 4.69) is 4.99 Å². The van der Waals surface area contributed by atoms with Crippen molar-refractivity contribution in [3.05, 3.63) is 52.8 Å². The number of rotatable bonds is 6. The van der Waals surface area contributed by atoms with Crippen LogP contribution in [0.25, 0.3) is 10.2 Å². The number of fused-ring (bicyclic) bond motifs is 1. The van der Waals surface area contributed by atoms with E-state index < -0.39 is 21.9 Å². The van der Waals surface area contributed by atoms with Crippen molar-refractivity contribution in [2.75, 3.05) is 7.11 Å². The van der Waals surface area contributed by atoms with Crippen molar-refractivity contribution in [2.45, 2.75) is 31.4 Å². The third-order valence-electron chi connectivity index (χ3n) is 4.17. The lowest BCUT2D eigenvalue weighted by Gasteiger charge is -2.09. The highest BCUT2D eigenvalue weighted by atomic mass is 32.2. The second-order valence-electron chi connectivity index (χ2n) is 6.83. The lowest BCUT2D eigenvalue weighted by atomic mass is 10.2. The molecule has 0 atom stereocenters. The minimum absolute atomic E-state index is 0.00398. The first kappa shape index (κ1) is 22.7. The molecule has 0 bridgehead atoms. The lowest BCUT2D eigenvalue weighted by molar-refractivity contribution is -0.141. The van der Waals surface area contributed by atoms with Gasteiger partial charge in [-0.05, 0) is 56.3 Å². The van der Waals surface area contributed by atoms with E-state index in [9.17, 15) is 18.0 Å². The highest BCUT2D eigenvalue weighted by Crippen LogP contribution is 2.22. The Morgan fingerprint density at radius 3 is 2.42 bits per heavy atom. The summed E-state index contributed by atoms with van der Waals surface area (Å²) in [7, 11) is -2.66. The largest absolute Gasteiger partial charge is 0.491 e. The number of carbonyl (C=O) groups is 2. The highest BCUT2D eigenvalue weighted by molar-refractivity contribution is 7.89. The van der Waals surface area contributed by atoms with Crippen LogP contribution in [0, 0.1) is 0 Å². The first-order valence-electron chi connectivity index (χ1n) is 9.17.